The number of hydrogen-bond acceptors (Lipinski definition) is 3. The third kappa shape index (κ3) is 2.81. The standard InChI is InChI=1S/C12H13BrN2O3/c1-18-8-2-3-10(13)9(5-8)12(17)15-7-4-11(16)14-6-7/h2-3,5,7H,4,6H2,1H3,(H,14,16)(H,15,17)/t7-/m1/s1. The molecular formula is C12H13BrN2O3. The normalized spacial score (nSPS) is 18.3. The van der Waals surface area contributed by atoms with Crippen LogP contribution in [0.1, 0.15) is 16.8 Å². The van der Waals surface area contributed by atoms with Crippen molar-refractivity contribution in [2.24, 2.45) is 0 Å². The number of carbonyl (C=O) groups excluding carboxylic acids is 2. The monoisotopic (exact) mass is 312 g/mol. The number of halogens is 1. The van der Waals surface area contributed by atoms with Gasteiger partial charge in [-0.3, -0.25) is 9.59 Å². The second-order valence-electron chi connectivity index (χ2n) is 4.02. The van der Waals surface area contributed by atoms with Gasteiger partial charge in [-0.05, 0) is 34.1 Å². The lowest BCUT2D eigenvalue weighted by molar-refractivity contribution is -0.119. The van der Waals surface area contributed by atoms with Gasteiger partial charge < -0.3 is 15.4 Å². The zero-order chi connectivity index (χ0) is 13.1. The van der Waals surface area contributed by atoms with Gasteiger partial charge in [0.2, 0.25) is 5.91 Å². The van der Waals surface area contributed by atoms with Crippen LogP contribution in [0.4, 0.5) is 0 Å². The van der Waals surface area contributed by atoms with Crippen LogP contribution in [0.2, 0.25) is 0 Å². The smallest absolute Gasteiger partial charge is 0.252 e. The molecule has 1 aromatic carbocycles. The second-order valence-corrected chi connectivity index (χ2v) is 4.88. The first-order valence-corrected chi connectivity index (χ1v) is 6.30. The maximum atomic E-state index is 12.1. The summed E-state index contributed by atoms with van der Waals surface area (Å²) in [5.41, 5.74) is 0.494. The molecule has 2 amide bonds. The van der Waals surface area contributed by atoms with E-state index in [-0.39, 0.29) is 17.9 Å². The molecule has 5 nitrogen and oxygen atoms in total. The van der Waals surface area contributed by atoms with Crippen LogP contribution in [-0.2, 0) is 4.79 Å². The van der Waals surface area contributed by atoms with Crippen molar-refractivity contribution >= 4 is 27.7 Å². The van der Waals surface area contributed by atoms with Crippen LogP contribution in [0.15, 0.2) is 22.7 Å². The number of benzene rings is 1. The van der Waals surface area contributed by atoms with Crippen LogP contribution in [0.25, 0.3) is 0 Å². The van der Waals surface area contributed by atoms with E-state index in [1.807, 2.05) is 0 Å². The fourth-order valence-corrected chi connectivity index (χ4v) is 2.20. The fourth-order valence-electron chi connectivity index (χ4n) is 1.78. The van der Waals surface area contributed by atoms with Gasteiger partial charge in [0.05, 0.1) is 18.7 Å². The van der Waals surface area contributed by atoms with Crippen molar-refractivity contribution < 1.29 is 14.3 Å². The lowest BCUT2D eigenvalue weighted by Crippen LogP contribution is -2.36. The SMILES string of the molecule is COc1ccc(Br)c(C(=O)N[C@H]2CNC(=O)C2)c1. The maximum absolute atomic E-state index is 12.1. The highest BCUT2D eigenvalue weighted by Crippen LogP contribution is 2.22. The van der Waals surface area contributed by atoms with Crippen molar-refractivity contribution in [2.45, 2.75) is 12.5 Å². The van der Waals surface area contributed by atoms with Gasteiger partial charge in [-0.2, -0.15) is 0 Å². The van der Waals surface area contributed by atoms with E-state index in [9.17, 15) is 9.59 Å². The zero-order valence-electron chi connectivity index (χ0n) is 9.83. The number of amides is 2. The van der Waals surface area contributed by atoms with E-state index < -0.39 is 0 Å². The molecule has 0 aliphatic carbocycles. The first-order chi connectivity index (χ1) is 8.60. The van der Waals surface area contributed by atoms with Gasteiger partial charge in [0, 0.05) is 17.4 Å². The fraction of sp³-hybridized carbons (Fsp3) is 0.333. The summed E-state index contributed by atoms with van der Waals surface area (Å²) in [6, 6.07) is 5.03. The summed E-state index contributed by atoms with van der Waals surface area (Å²) in [4.78, 5) is 23.1. The summed E-state index contributed by atoms with van der Waals surface area (Å²) >= 11 is 3.32. The molecule has 0 radical (unpaired) electrons. The molecule has 2 N–H and O–H groups in total. The Balaban J connectivity index is 2.10. The minimum Gasteiger partial charge on any atom is -0.497 e. The van der Waals surface area contributed by atoms with Crippen LogP contribution in [-0.4, -0.2) is 31.5 Å². The van der Waals surface area contributed by atoms with Crippen molar-refractivity contribution in [3.8, 4) is 5.75 Å². The molecule has 1 atom stereocenters. The van der Waals surface area contributed by atoms with Crippen molar-refractivity contribution in [3.63, 3.8) is 0 Å². The second kappa shape index (κ2) is 5.39. The van der Waals surface area contributed by atoms with Crippen molar-refractivity contribution in [1.29, 1.82) is 0 Å². The van der Waals surface area contributed by atoms with Crippen molar-refractivity contribution in [3.05, 3.63) is 28.2 Å². The third-order valence-corrected chi connectivity index (χ3v) is 3.42. The number of ether oxygens (including phenoxy) is 1. The molecule has 1 heterocycles. The zero-order valence-corrected chi connectivity index (χ0v) is 11.4. The average Bonchev–Trinajstić information content (AvgIpc) is 2.75. The predicted octanol–water partition coefficient (Wildman–Crippen LogP) is 1.08. The minimum absolute atomic E-state index is 0.0370. The highest BCUT2D eigenvalue weighted by atomic mass is 79.9. The molecule has 2 rings (SSSR count). The van der Waals surface area contributed by atoms with Gasteiger partial charge in [-0.25, -0.2) is 0 Å². The van der Waals surface area contributed by atoms with E-state index in [1.54, 1.807) is 25.3 Å². The molecule has 0 aromatic heterocycles. The van der Waals surface area contributed by atoms with Gasteiger partial charge in [-0.1, -0.05) is 0 Å². The summed E-state index contributed by atoms with van der Waals surface area (Å²) in [5, 5.41) is 5.48. The summed E-state index contributed by atoms with van der Waals surface area (Å²) < 4.78 is 5.77. The first-order valence-electron chi connectivity index (χ1n) is 5.51. The molecule has 1 saturated heterocycles. The summed E-state index contributed by atoms with van der Waals surface area (Å²) in [5.74, 6) is 0.358. The summed E-state index contributed by atoms with van der Waals surface area (Å²) in [7, 11) is 1.55. The van der Waals surface area contributed by atoms with E-state index in [2.05, 4.69) is 26.6 Å². The molecule has 1 aliphatic rings. The predicted molar refractivity (Wildman–Crippen MR) is 69.6 cm³/mol. The highest BCUT2D eigenvalue weighted by Gasteiger charge is 2.24. The Morgan fingerprint density at radius 3 is 2.94 bits per heavy atom. The van der Waals surface area contributed by atoms with Gasteiger partial charge in [0.1, 0.15) is 5.75 Å². The molecule has 96 valence electrons. The molecule has 18 heavy (non-hydrogen) atoms. The number of rotatable bonds is 3. The maximum Gasteiger partial charge on any atom is 0.252 e. The molecule has 0 bridgehead atoms. The van der Waals surface area contributed by atoms with E-state index in [0.717, 1.165) is 0 Å². The van der Waals surface area contributed by atoms with E-state index in [4.69, 9.17) is 4.74 Å². The Labute approximate surface area is 113 Å². The Kier molecular flexibility index (Phi) is 3.86. The number of hydrogen-bond donors (Lipinski definition) is 2. The number of methoxy groups -OCH3 is 1. The van der Waals surface area contributed by atoms with E-state index in [0.29, 0.717) is 28.8 Å². The third-order valence-electron chi connectivity index (χ3n) is 2.73. The van der Waals surface area contributed by atoms with Crippen molar-refractivity contribution in [2.75, 3.05) is 13.7 Å². The summed E-state index contributed by atoms with van der Waals surface area (Å²) in [6.07, 6.45) is 0.327. The molecule has 0 unspecified atom stereocenters. The summed E-state index contributed by atoms with van der Waals surface area (Å²) in [6.45, 7) is 0.478. The van der Waals surface area contributed by atoms with E-state index in [1.165, 1.54) is 0 Å². The number of nitrogens with one attached hydrogen (secondary N) is 2. The average molecular weight is 313 g/mol. The lowest BCUT2D eigenvalue weighted by Gasteiger charge is -2.12. The van der Waals surface area contributed by atoms with E-state index >= 15 is 0 Å². The van der Waals surface area contributed by atoms with Crippen LogP contribution in [0.5, 0.6) is 5.75 Å². The molecule has 1 aromatic rings. The van der Waals surface area contributed by atoms with Gasteiger partial charge in [-0.15, -0.1) is 0 Å². The molecule has 1 fully saturated rings. The quantitative estimate of drug-likeness (QED) is 0.877. The molecule has 6 heteroatoms. The largest absolute Gasteiger partial charge is 0.497 e. The van der Waals surface area contributed by atoms with Crippen LogP contribution < -0.4 is 15.4 Å². The molecule has 0 saturated carbocycles. The highest BCUT2D eigenvalue weighted by molar-refractivity contribution is 9.10. The van der Waals surface area contributed by atoms with Gasteiger partial charge in [0.15, 0.2) is 0 Å². The lowest BCUT2D eigenvalue weighted by atomic mass is 10.1. The van der Waals surface area contributed by atoms with Crippen molar-refractivity contribution in [1.82, 2.24) is 10.6 Å². The minimum atomic E-state index is -0.220. The van der Waals surface area contributed by atoms with Crippen LogP contribution in [0.3, 0.4) is 0 Å². The van der Waals surface area contributed by atoms with Gasteiger partial charge >= 0.3 is 0 Å². The van der Waals surface area contributed by atoms with Crippen LogP contribution >= 0.6 is 15.9 Å². The molecular weight excluding hydrogens is 300 g/mol. The van der Waals surface area contributed by atoms with Gasteiger partial charge in [0.25, 0.3) is 5.91 Å². The topological polar surface area (TPSA) is 67.4 Å². The Hall–Kier alpha value is -1.56. The molecule has 0 spiro atoms. The molecule has 1 aliphatic heterocycles. The first kappa shape index (κ1) is 12.9. The Morgan fingerprint density at radius 2 is 2.33 bits per heavy atom. The Morgan fingerprint density at radius 1 is 1.56 bits per heavy atom. The number of carbonyl (C=O) groups is 2. The van der Waals surface area contributed by atoms with Crippen LogP contribution in [0, 0.1) is 0 Å². The Bertz CT molecular complexity index is 490.